The number of alkyl halides is 3. The van der Waals surface area contributed by atoms with Gasteiger partial charge in [0.25, 0.3) is 0 Å². The Kier molecular flexibility index (Phi) is 4.29. The van der Waals surface area contributed by atoms with Gasteiger partial charge in [-0.15, -0.1) is 0 Å². The average Bonchev–Trinajstić information content (AvgIpc) is 3.17. The number of hydrogen-bond acceptors (Lipinski definition) is 4. The van der Waals surface area contributed by atoms with E-state index in [-0.39, 0.29) is 29.4 Å². The summed E-state index contributed by atoms with van der Waals surface area (Å²) in [4.78, 5) is 11.3. The van der Waals surface area contributed by atoms with Crippen molar-refractivity contribution < 1.29 is 32.2 Å². The topological polar surface area (TPSA) is 77.5 Å². The van der Waals surface area contributed by atoms with Crippen molar-refractivity contribution in [1.29, 1.82) is 0 Å². The molecule has 1 aliphatic carbocycles. The van der Waals surface area contributed by atoms with Crippen LogP contribution in [0.4, 0.5) is 13.2 Å². The van der Waals surface area contributed by atoms with Crippen LogP contribution in [0.15, 0.2) is 10.6 Å². The maximum Gasteiger partial charge on any atom is 0.421 e. The highest BCUT2D eigenvalue weighted by molar-refractivity contribution is 5.91. The lowest BCUT2D eigenvalue weighted by Gasteiger charge is -2.21. The number of nitrogens with zero attached hydrogens (tertiary/aromatic N) is 2. The predicted molar refractivity (Wildman–Crippen MR) is 87.6 cm³/mol. The summed E-state index contributed by atoms with van der Waals surface area (Å²) >= 11 is 0. The fraction of sp³-hybridized carbons (Fsp3) is 0.556. The number of aromatic nitrogens is 2. The minimum absolute atomic E-state index is 0.0380. The third-order valence-electron chi connectivity index (χ3n) is 5.29. The van der Waals surface area contributed by atoms with Crippen molar-refractivity contribution in [2.24, 2.45) is 5.92 Å². The van der Waals surface area contributed by atoms with Crippen molar-refractivity contribution in [3.63, 3.8) is 0 Å². The van der Waals surface area contributed by atoms with Crippen LogP contribution in [0.1, 0.15) is 53.1 Å². The smallest absolute Gasteiger partial charge is 0.421 e. The number of carboxylic acids is 1. The Bertz CT molecular complexity index is 878. The normalized spacial score (nSPS) is 20.4. The Morgan fingerprint density at radius 3 is 2.70 bits per heavy atom. The summed E-state index contributed by atoms with van der Waals surface area (Å²) in [6, 6.07) is 0. The molecule has 6 nitrogen and oxygen atoms in total. The lowest BCUT2D eigenvalue weighted by Crippen LogP contribution is -2.20. The van der Waals surface area contributed by atoms with Crippen molar-refractivity contribution in [3.8, 4) is 11.3 Å². The van der Waals surface area contributed by atoms with Gasteiger partial charge >= 0.3 is 12.1 Å². The molecule has 1 N–H and O–H groups in total. The number of rotatable bonds is 3. The molecule has 0 radical (unpaired) electrons. The van der Waals surface area contributed by atoms with E-state index in [1.165, 1.54) is 0 Å². The number of carbonyl (C=O) groups is 1. The van der Waals surface area contributed by atoms with Gasteiger partial charge in [0.2, 0.25) is 5.76 Å². The van der Waals surface area contributed by atoms with Gasteiger partial charge in [-0.1, -0.05) is 6.92 Å². The van der Waals surface area contributed by atoms with E-state index >= 15 is 0 Å². The van der Waals surface area contributed by atoms with Gasteiger partial charge in [0.15, 0.2) is 0 Å². The summed E-state index contributed by atoms with van der Waals surface area (Å²) in [6.45, 7) is 3.82. The molecule has 1 aliphatic heterocycles. The van der Waals surface area contributed by atoms with Crippen LogP contribution in [0.5, 0.6) is 0 Å². The molecule has 0 amide bonds. The second-order valence-electron chi connectivity index (χ2n) is 7.22. The highest BCUT2D eigenvalue weighted by Gasteiger charge is 2.46. The monoisotopic (exact) mass is 384 g/mol. The molecule has 3 heterocycles. The molecule has 1 saturated heterocycles. The lowest BCUT2D eigenvalue weighted by atomic mass is 9.86. The predicted octanol–water partition coefficient (Wildman–Crippen LogP) is 3.95. The molecule has 27 heavy (non-hydrogen) atoms. The van der Waals surface area contributed by atoms with Gasteiger partial charge < -0.3 is 14.3 Å². The molecular formula is C18H19F3N2O4. The molecule has 0 unspecified atom stereocenters. The number of furan rings is 1. The molecule has 2 aromatic heterocycles. The molecule has 9 heteroatoms. The van der Waals surface area contributed by atoms with Crippen LogP contribution in [0, 0.1) is 5.92 Å². The van der Waals surface area contributed by atoms with E-state index in [2.05, 4.69) is 5.10 Å². The zero-order valence-corrected chi connectivity index (χ0v) is 14.7. The van der Waals surface area contributed by atoms with Crippen molar-refractivity contribution in [3.05, 3.63) is 28.8 Å². The molecule has 1 fully saturated rings. The number of halogens is 3. The summed E-state index contributed by atoms with van der Waals surface area (Å²) in [5, 5.41) is 13.6. The summed E-state index contributed by atoms with van der Waals surface area (Å²) in [7, 11) is 0. The molecule has 0 saturated carbocycles. The number of carboxylic acid groups (broad SMARTS) is 1. The van der Waals surface area contributed by atoms with Crippen LogP contribution in [0.3, 0.4) is 0 Å². The van der Waals surface area contributed by atoms with Gasteiger partial charge in [0.1, 0.15) is 11.3 Å². The Labute approximate surface area is 152 Å². The molecule has 1 atom stereocenters. The first-order valence-corrected chi connectivity index (χ1v) is 8.87. The summed E-state index contributed by atoms with van der Waals surface area (Å²) in [6.07, 6.45) is -1.08. The van der Waals surface area contributed by atoms with E-state index in [1.54, 1.807) is 10.9 Å². The number of hydrogen-bond donors (Lipinski definition) is 1. The molecular weight excluding hydrogens is 365 g/mol. The molecule has 0 aromatic carbocycles. The fourth-order valence-electron chi connectivity index (χ4n) is 3.96. The Hall–Kier alpha value is -2.29. The molecule has 2 aromatic rings. The highest BCUT2D eigenvalue weighted by Crippen LogP contribution is 2.48. The van der Waals surface area contributed by atoms with Gasteiger partial charge in [0, 0.05) is 37.9 Å². The quantitative estimate of drug-likeness (QED) is 0.867. The Morgan fingerprint density at radius 1 is 1.37 bits per heavy atom. The van der Waals surface area contributed by atoms with Gasteiger partial charge in [-0.25, -0.2) is 4.79 Å². The van der Waals surface area contributed by atoms with E-state index in [1.807, 2.05) is 6.92 Å². The average molecular weight is 384 g/mol. The van der Waals surface area contributed by atoms with Crippen molar-refractivity contribution in [1.82, 2.24) is 9.78 Å². The largest absolute Gasteiger partial charge is 0.475 e. The van der Waals surface area contributed by atoms with E-state index < -0.39 is 23.5 Å². The fourth-order valence-corrected chi connectivity index (χ4v) is 3.96. The van der Waals surface area contributed by atoms with Crippen molar-refractivity contribution >= 4 is 5.97 Å². The van der Waals surface area contributed by atoms with Gasteiger partial charge in [-0.05, 0) is 24.7 Å². The van der Waals surface area contributed by atoms with Gasteiger partial charge in [0.05, 0.1) is 11.3 Å². The molecule has 146 valence electrons. The third-order valence-corrected chi connectivity index (χ3v) is 5.29. The maximum atomic E-state index is 13.6. The van der Waals surface area contributed by atoms with E-state index in [4.69, 9.17) is 9.15 Å². The first-order chi connectivity index (χ1) is 12.8. The Morgan fingerprint density at radius 2 is 2.07 bits per heavy atom. The van der Waals surface area contributed by atoms with Crippen molar-refractivity contribution in [2.75, 3.05) is 13.2 Å². The minimum atomic E-state index is -4.84. The van der Waals surface area contributed by atoms with Crippen LogP contribution in [0.25, 0.3) is 11.3 Å². The SMILES string of the molecule is C[C@@H]1Cc2oc(C(=O)O)c(C(F)(F)F)c2-c2nn(CC3CCOCC3)cc21. The minimum Gasteiger partial charge on any atom is -0.475 e. The second-order valence-corrected chi connectivity index (χ2v) is 7.22. The number of ether oxygens (including phenoxy) is 1. The highest BCUT2D eigenvalue weighted by atomic mass is 19.4. The number of fused-ring (bicyclic) bond motifs is 3. The first-order valence-electron chi connectivity index (χ1n) is 8.87. The van der Waals surface area contributed by atoms with Gasteiger partial charge in [-0.3, -0.25) is 4.68 Å². The molecule has 0 bridgehead atoms. The van der Waals surface area contributed by atoms with Crippen LogP contribution < -0.4 is 0 Å². The third kappa shape index (κ3) is 3.13. The standard InChI is InChI=1S/C18H19F3N2O4/c1-9-6-12-13(14(18(19,20)21)16(27-12)17(24)25)15-11(9)8-23(22-15)7-10-2-4-26-5-3-10/h8-10H,2-7H2,1H3,(H,24,25)/t9-/m1/s1. The van der Waals surface area contributed by atoms with Crippen LogP contribution in [0.2, 0.25) is 0 Å². The van der Waals surface area contributed by atoms with Gasteiger partial charge in [-0.2, -0.15) is 18.3 Å². The van der Waals surface area contributed by atoms with E-state index in [9.17, 15) is 23.1 Å². The molecule has 0 spiro atoms. The second kappa shape index (κ2) is 6.40. The van der Waals surface area contributed by atoms with Crippen LogP contribution in [-0.2, 0) is 23.9 Å². The van der Waals surface area contributed by atoms with Crippen LogP contribution in [-0.4, -0.2) is 34.1 Å². The summed E-state index contributed by atoms with van der Waals surface area (Å²) in [5.74, 6) is -2.50. The molecule has 4 rings (SSSR count). The maximum absolute atomic E-state index is 13.6. The Balaban J connectivity index is 1.79. The van der Waals surface area contributed by atoms with Crippen LogP contribution >= 0.6 is 0 Å². The van der Waals surface area contributed by atoms with E-state index in [0.29, 0.717) is 31.2 Å². The first kappa shape index (κ1) is 18.1. The van der Waals surface area contributed by atoms with Crippen molar-refractivity contribution in [2.45, 2.75) is 44.8 Å². The zero-order chi connectivity index (χ0) is 19.3. The molecule has 2 aliphatic rings. The summed E-state index contributed by atoms with van der Waals surface area (Å²) < 4.78 is 53.0. The summed E-state index contributed by atoms with van der Waals surface area (Å²) in [5.41, 5.74) is -0.592. The lowest BCUT2D eigenvalue weighted by molar-refractivity contribution is -0.138. The zero-order valence-electron chi connectivity index (χ0n) is 14.7. The van der Waals surface area contributed by atoms with E-state index in [0.717, 1.165) is 12.8 Å². The number of aromatic carboxylic acids is 1.